The van der Waals surface area contributed by atoms with Gasteiger partial charge in [-0.05, 0) is 26.3 Å². The third-order valence-corrected chi connectivity index (χ3v) is 5.72. The van der Waals surface area contributed by atoms with Crippen LogP contribution in [0.3, 0.4) is 0 Å². The van der Waals surface area contributed by atoms with Crippen molar-refractivity contribution in [2.45, 2.75) is 45.2 Å². The van der Waals surface area contributed by atoms with E-state index in [1.807, 2.05) is 12.5 Å². The number of hydrogen-bond acceptors (Lipinski definition) is 8. The van der Waals surface area contributed by atoms with Crippen molar-refractivity contribution in [1.82, 2.24) is 34.4 Å². The van der Waals surface area contributed by atoms with E-state index in [9.17, 15) is 0 Å². The highest BCUT2D eigenvalue weighted by Crippen LogP contribution is 2.34. The van der Waals surface area contributed by atoms with Crippen LogP contribution in [-0.4, -0.2) is 67.7 Å². The van der Waals surface area contributed by atoms with Crippen LogP contribution in [0.25, 0.3) is 11.2 Å². The highest BCUT2D eigenvalue weighted by atomic mass is 16.5. The lowest BCUT2D eigenvalue weighted by Crippen LogP contribution is -2.45. The second-order valence-corrected chi connectivity index (χ2v) is 8.09. The summed E-state index contributed by atoms with van der Waals surface area (Å²) in [7, 11) is 1.70. The Balaban J connectivity index is 1.64. The van der Waals surface area contributed by atoms with Gasteiger partial charge in [-0.25, -0.2) is 15.0 Å². The largest absolute Gasteiger partial charge is 0.383 e. The number of rotatable bonds is 8. The monoisotopic (exact) mass is 410 g/mol. The number of aryl methyl sites for hydroxylation is 1. The number of methoxy groups -OCH3 is 1. The summed E-state index contributed by atoms with van der Waals surface area (Å²) >= 11 is 0. The molecule has 1 atom stereocenters. The predicted molar refractivity (Wildman–Crippen MR) is 115 cm³/mol. The average Bonchev–Trinajstić information content (AvgIpc) is 3.18. The Morgan fingerprint density at radius 3 is 2.90 bits per heavy atom. The maximum Gasteiger partial charge on any atom is 0.165 e. The van der Waals surface area contributed by atoms with Gasteiger partial charge in [0, 0.05) is 57.3 Å². The Hall–Kier alpha value is -2.65. The number of aromatic nitrogens is 6. The van der Waals surface area contributed by atoms with Gasteiger partial charge < -0.3 is 14.6 Å². The molecule has 3 aromatic heterocycles. The maximum absolute atomic E-state index is 5.19. The maximum atomic E-state index is 5.19. The van der Waals surface area contributed by atoms with Gasteiger partial charge in [-0.3, -0.25) is 14.9 Å². The number of fused-ring (bicyclic) bond motifs is 1. The van der Waals surface area contributed by atoms with Crippen LogP contribution in [0, 0.1) is 0 Å². The van der Waals surface area contributed by atoms with Gasteiger partial charge in [0.05, 0.1) is 18.6 Å². The zero-order valence-corrected chi connectivity index (χ0v) is 18.0. The van der Waals surface area contributed by atoms with Crippen LogP contribution in [0.15, 0.2) is 24.9 Å². The molecular formula is C21H30N8O. The van der Waals surface area contributed by atoms with Crippen molar-refractivity contribution in [2.75, 3.05) is 38.7 Å². The lowest BCUT2D eigenvalue weighted by atomic mass is 9.81. The number of likely N-dealkylation sites (tertiary alicyclic amines) is 1. The van der Waals surface area contributed by atoms with E-state index in [2.05, 4.69) is 43.6 Å². The van der Waals surface area contributed by atoms with Crippen molar-refractivity contribution in [2.24, 2.45) is 0 Å². The molecule has 0 bridgehead atoms. The molecule has 0 aromatic carbocycles. The summed E-state index contributed by atoms with van der Waals surface area (Å²) in [4.78, 5) is 25.6. The summed E-state index contributed by atoms with van der Waals surface area (Å²) in [6.45, 7) is 9.19. The van der Waals surface area contributed by atoms with Crippen LogP contribution in [0.4, 0.5) is 5.82 Å². The van der Waals surface area contributed by atoms with Crippen LogP contribution < -0.4 is 5.32 Å². The summed E-state index contributed by atoms with van der Waals surface area (Å²) in [5, 5.41) is 3.39. The zero-order chi connectivity index (χ0) is 21.0. The van der Waals surface area contributed by atoms with Crippen molar-refractivity contribution in [3.8, 4) is 0 Å². The minimum absolute atomic E-state index is 0.144. The first-order valence-corrected chi connectivity index (χ1v) is 10.6. The number of anilines is 1. The Bertz CT molecular complexity index is 976. The normalized spacial score (nSPS) is 20.0. The molecule has 0 amide bonds. The SMILES string of the molecule is CCn1cnc2c(NCCOC)nc(C3(C)CCCN(Cc4cnccn4)C3)nc21. The van der Waals surface area contributed by atoms with Crippen LogP contribution in [0.2, 0.25) is 0 Å². The Labute approximate surface area is 176 Å². The van der Waals surface area contributed by atoms with Crippen molar-refractivity contribution < 1.29 is 4.74 Å². The lowest BCUT2D eigenvalue weighted by Gasteiger charge is -2.39. The number of piperidine rings is 1. The fourth-order valence-corrected chi connectivity index (χ4v) is 4.14. The van der Waals surface area contributed by atoms with E-state index < -0.39 is 0 Å². The van der Waals surface area contributed by atoms with E-state index in [0.29, 0.717) is 13.2 Å². The van der Waals surface area contributed by atoms with Crippen LogP contribution >= 0.6 is 0 Å². The van der Waals surface area contributed by atoms with Crippen LogP contribution in [0.5, 0.6) is 0 Å². The molecule has 1 fully saturated rings. The van der Waals surface area contributed by atoms with E-state index in [1.54, 1.807) is 19.5 Å². The first kappa shape index (κ1) is 20.6. The second kappa shape index (κ2) is 9.01. The van der Waals surface area contributed by atoms with Crippen LogP contribution in [0.1, 0.15) is 38.2 Å². The molecule has 4 rings (SSSR count). The second-order valence-electron chi connectivity index (χ2n) is 8.09. The molecular weight excluding hydrogens is 380 g/mol. The summed E-state index contributed by atoms with van der Waals surface area (Å²) in [6.07, 6.45) is 9.28. The Morgan fingerprint density at radius 1 is 1.23 bits per heavy atom. The minimum atomic E-state index is -0.144. The van der Waals surface area contributed by atoms with Gasteiger partial charge in [0.25, 0.3) is 0 Å². The molecule has 1 aliphatic rings. The van der Waals surface area contributed by atoms with Gasteiger partial charge >= 0.3 is 0 Å². The molecule has 1 saturated heterocycles. The average molecular weight is 411 g/mol. The number of nitrogens with zero attached hydrogens (tertiary/aromatic N) is 7. The minimum Gasteiger partial charge on any atom is -0.383 e. The first-order valence-electron chi connectivity index (χ1n) is 10.6. The fourth-order valence-electron chi connectivity index (χ4n) is 4.14. The quantitative estimate of drug-likeness (QED) is 0.565. The molecule has 160 valence electrons. The van der Waals surface area contributed by atoms with E-state index in [1.165, 1.54) is 0 Å². The summed E-state index contributed by atoms with van der Waals surface area (Å²) in [5.41, 5.74) is 2.54. The molecule has 1 unspecified atom stereocenters. The van der Waals surface area contributed by atoms with Gasteiger partial charge in [-0.2, -0.15) is 0 Å². The first-order chi connectivity index (χ1) is 14.6. The zero-order valence-electron chi connectivity index (χ0n) is 18.0. The fraction of sp³-hybridized carbons (Fsp3) is 0.571. The molecule has 30 heavy (non-hydrogen) atoms. The van der Waals surface area contributed by atoms with E-state index >= 15 is 0 Å². The molecule has 1 aliphatic heterocycles. The molecule has 0 radical (unpaired) electrons. The summed E-state index contributed by atoms with van der Waals surface area (Å²) in [6, 6.07) is 0. The van der Waals surface area contributed by atoms with Gasteiger partial charge in [0.15, 0.2) is 11.5 Å². The Kier molecular flexibility index (Phi) is 6.19. The van der Waals surface area contributed by atoms with E-state index in [0.717, 1.165) is 67.5 Å². The predicted octanol–water partition coefficient (Wildman–Crippen LogP) is 2.25. The van der Waals surface area contributed by atoms with Gasteiger partial charge in [0.1, 0.15) is 11.3 Å². The van der Waals surface area contributed by atoms with Crippen molar-refractivity contribution in [3.05, 3.63) is 36.4 Å². The molecule has 0 spiro atoms. The third-order valence-electron chi connectivity index (χ3n) is 5.72. The molecule has 0 aliphatic carbocycles. The summed E-state index contributed by atoms with van der Waals surface area (Å²) in [5.74, 6) is 1.65. The van der Waals surface area contributed by atoms with Crippen molar-refractivity contribution >= 4 is 17.0 Å². The molecule has 0 saturated carbocycles. The molecule has 9 nitrogen and oxygen atoms in total. The smallest absolute Gasteiger partial charge is 0.165 e. The van der Waals surface area contributed by atoms with Gasteiger partial charge in [-0.1, -0.05) is 6.92 Å². The van der Waals surface area contributed by atoms with Gasteiger partial charge in [0.2, 0.25) is 0 Å². The Morgan fingerprint density at radius 2 is 2.13 bits per heavy atom. The summed E-state index contributed by atoms with van der Waals surface area (Å²) < 4.78 is 7.26. The lowest BCUT2D eigenvalue weighted by molar-refractivity contribution is 0.143. The standard InChI is InChI=1S/C21H30N8O/c1-4-29-15-25-17-18(24-9-11-30-3)26-20(27-19(17)29)21(2)6-5-10-28(14-21)13-16-12-22-7-8-23-16/h7-8,12,15H,4-6,9-11,13-14H2,1-3H3,(H,24,26,27). The molecule has 4 heterocycles. The van der Waals surface area contributed by atoms with E-state index in [-0.39, 0.29) is 5.41 Å². The number of hydrogen-bond donors (Lipinski definition) is 1. The molecule has 1 N–H and O–H groups in total. The van der Waals surface area contributed by atoms with Crippen molar-refractivity contribution in [3.63, 3.8) is 0 Å². The number of nitrogens with one attached hydrogen (secondary N) is 1. The molecule has 3 aromatic rings. The third kappa shape index (κ3) is 4.27. The molecule has 9 heteroatoms. The van der Waals surface area contributed by atoms with Gasteiger partial charge in [-0.15, -0.1) is 0 Å². The number of ether oxygens (including phenoxy) is 1. The van der Waals surface area contributed by atoms with E-state index in [4.69, 9.17) is 14.7 Å². The van der Waals surface area contributed by atoms with Crippen molar-refractivity contribution in [1.29, 1.82) is 0 Å². The topological polar surface area (TPSA) is 93.9 Å². The van der Waals surface area contributed by atoms with Crippen LogP contribution in [-0.2, 0) is 23.2 Å². The highest BCUT2D eigenvalue weighted by Gasteiger charge is 2.36. The number of imidazole rings is 1. The highest BCUT2D eigenvalue weighted by molar-refractivity contribution is 5.83.